The molecule has 4 amide bonds. The standard InChI is InChI=1S/C22H32N10O7S2/c23-17-16-18(25-8-24-17)31(9-26-16)21-20(36)32(19(35)11(6-40)39-21)38-5-14(34)30-29-13(33)4-2-1-3-12-15-10(7-41-12)27-22(37)28-15/h8-12,15,19-21,35-36,40H,1-7H2,(H,29,33)(H,30,34)(H2,23,24,25)(H2,27,28,37)/t10?,11?,12?,15-,19?,20?,21+/m0/s1. The van der Waals surface area contributed by atoms with Crippen molar-refractivity contribution in [2.75, 3.05) is 23.8 Å². The predicted molar refractivity (Wildman–Crippen MR) is 148 cm³/mol. The molecule has 3 saturated heterocycles. The first-order valence-corrected chi connectivity index (χ1v) is 14.7. The predicted octanol–water partition coefficient (Wildman–Crippen LogP) is -2.02. The van der Waals surface area contributed by atoms with Crippen LogP contribution in [-0.4, -0.2) is 107 Å². The average Bonchev–Trinajstić information content (AvgIpc) is 3.65. The summed E-state index contributed by atoms with van der Waals surface area (Å²) in [6.45, 7) is -0.624. The van der Waals surface area contributed by atoms with Crippen LogP contribution in [0.15, 0.2) is 12.7 Å². The van der Waals surface area contributed by atoms with E-state index in [1.165, 1.54) is 17.2 Å². The van der Waals surface area contributed by atoms with Crippen molar-refractivity contribution in [3.63, 3.8) is 0 Å². The zero-order valence-electron chi connectivity index (χ0n) is 21.8. The van der Waals surface area contributed by atoms with Gasteiger partial charge in [0.2, 0.25) is 5.91 Å². The minimum Gasteiger partial charge on any atom is -0.382 e. The van der Waals surface area contributed by atoms with Crippen LogP contribution >= 0.6 is 24.4 Å². The molecule has 224 valence electrons. The number of nitrogens with one attached hydrogen (secondary N) is 4. The summed E-state index contributed by atoms with van der Waals surface area (Å²) in [5.41, 5.74) is 11.0. The van der Waals surface area contributed by atoms with Crippen molar-refractivity contribution >= 4 is 59.2 Å². The van der Waals surface area contributed by atoms with E-state index >= 15 is 0 Å². The Balaban J connectivity index is 1.07. The van der Waals surface area contributed by atoms with Crippen LogP contribution in [0.5, 0.6) is 0 Å². The van der Waals surface area contributed by atoms with Gasteiger partial charge in [-0.1, -0.05) is 6.42 Å². The van der Waals surface area contributed by atoms with Gasteiger partial charge in [0.15, 0.2) is 30.1 Å². The van der Waals surface area contributed by atoms with Gasteiger partial charge >= 0.3 is 6.03 Å². The van der Waals surface area contributed by atoms with Gasteiger partial charge in [-0.25, -0.2) is 19.7 Å². The Labute approximate surface area is 243 Å². The van der Waals surface area contributed by atoms with Gasteiger partial charge in [0.05, 0.1) is 18.4 Å². The lowest BCUT2D eigenvalue weighted by molar-refractivity contribution is -0.382. The van der Waals surface area contributed by atoms with Crippen molar-refractivity contribution in [2.24, 2.45) is 0 Å². The second kappa shape index (κ2) is 12.9. The number of thioether (sulfide) groups is 1. The molecule has 0 spiro atoms. The summed E-state index contributed by atoms with van der Waals surface area (Å²) in [6.07, 6.45) is -0.0292. The topological polar surface area (TPSA) is 231 Å². The number of ether oxygens (including phenoxy) is 1. The monoisotopic (exact) mass is 612 g/mol. The number of hydroxylamine groups is 2. The Morgan fingerprint density at radius 2 is 2.00 bits per heavy atom. The van der Waals surface area contributed by atoms with E-state index in [0.717, 1.165) is 23.7 Å². The number of anilines is 1. The number of aliphatic hydroxyl groups excluding tert-OH is 2. The van der Waals surface area contributed by atoms with Gasteiger partial charge in [0.25, 0.3) is 5.91 Å². The SMILES string of the molecule is Nc1ncnc2c1ncn2[C@@H]1OC(CS)C(O)N(OCC(=O)NNC(=O)CCCCC2SCC3NC(=O)N[C@@H]32)C1O. The third-order valence-corrected chi connectivity index (χ3v) is 8.90. The number of nitrogens with zero attached hydrogens (tertiary/aromatic N) is 5. The van der Waals surface area contributed by atoms with E-state index in [1.54, 1.807) is 0 Å². The minimum atomic E-state index is -1.58. The zero-order valence-corrected chi connectivity index (χ0v) is 23.5. The molecule has 8 N–H and O–H groups in total. The molecular formula is C22H32N10O7S2. The maximum absolute atomic E-state index is 12.3. The van der Waals surface area contributed by atoms with Crippen LogP contribution in [0, 0.1) is 0 Å². The van der Waals surface area contributed by atoms with Crippen LogP contribution in [0.4, 0.5) is 10.6 Å². The number of aromatic nitrogens is 4. The van der Waals surface area contributed by atoms with Crippen LogP contribution in [0.1, 0.15) is 31.9 Å². The van der Waals surface area contributed by atoms with Crippen molar-refractivity contribution in [2.45, 2.75) is 67.8 Å². The fourth-order valence-corrected chi connectivity index (χ4v) is 6.78. The van der Waals surface area contributed by atoms with Gasteiger partial charge in [-0.3, -0.25) is 29.8 Å². The van der Waals surface area contributed by atoms with Gasteiger partial charge < -0.3 is 31.3 Å². The number of thiol groups is 1. The summed E-state index contributed by atoms with van der Waals surface area (Å²) >= 11 is 6.01. The summed E-state index contributed by atoms with van der Waals surface area (Å²) in [5.74, 6) is -0.0145. The van der Waals surface area contributed by atoms with E-state index in [9.17, 15) is 24.6 Å². The molecule has 17 nitrogen and oxygen atoms in total. The van der Waals surface area contributed by atoms with E-state index in [4.69, 9.17) is 15.3 Å². The fraction of sp³-hybridized carbons (Fsp3) is 0.636. The molecule has 5 heterocycles. The zero-order chi connectivity index (χ0) is 29.1. The Morgan fingerprint density at radius 1 is 1.20 bits per heavy atom. The van der Waals surface area contributed by atoms with E-state index < -0.39 is 37.3 Å². The fourth-order valence-electron chi connectivity index (χ4n) is 4.97. The number of hydrogen-bond donors (Lipinski definition) is 8. The van der Waals surface area contributed by atoms with Gasteiger partial charge in [-0.2, -0.15) is 24.4 Å². The van der Waals surface area contributed by atoms with Crippen LogP contribution in [-0.2, 0) is 19.2 Å². The largest absolute Gasteiger partial charge is 0.382 e. The number of hydrogen-bond acceptors (Lipinski definition) is 14. The molecule has 5 unspecified atom stereocenters. The molecule has 0 saturated carbocycles. The number of nitrogen functional groups attached to an aromatic ring is 1. The number of hydrazine groups is 1. The second-order valence-electron chi connectivity index (χ2n) is 9.76. The lowest BCUT2D eigenvalue weighted by atomic mass is 10.0. The molecule has 3 aliphatic rings. The first-order valence-electron chi connectivity index (χ1n) is 13.0. The number of urea groups is 1. The van der Waals surface area contributed by atoms with Gasteiger partial charge in [-0.15, -0.1) is 5.06 Å². The first-order chi connectivity index (χ1) is 19.8. The minimum absolute atomic E-state index is 0.0580. The molecule has 3 aliphatic heterocycles. The highest BCUT2D eigenvalue weighted by atomic mass is 32.2. The highest BCUT2D eigenvalue weighted by Gasteiger charge is 2.45. The van der Waals surface area contributed by atoms with Crippen molar-refractivity contribution < 1.29 is 34.2 Å². The van der Waals surface area contributed by atoms with Crippen molar-refractivity contribution in [3.05, 3.63) is 12.7 Å². The number of unbranched alkanes of at least 4 members (excludes halogenated alkanes) is 1. The van der Waals surface area contributed by atoms with Gasteiger partial charge in [-0.05, 0) is 12.8 Å². The number of nitrogens with two attached hydrogens (primary N) is 1. The second-order valence-corrected chi connectivity index (χ2v) is 11.4. The summed E-state index contributed by atoms with van der Waals surface area (Å²) in [4.78, 5) is 53.6. The summed E-state index contributed by atoms with van der Waals surface area (Å²) in [5, 5.41) is 28.6. The molecule has 5 rings (SSSR count). The maximum Gasteiger partial charge on any atom is 0.315 e. The Kier molecular flexibility index (Phi) is 9.32. The molecular weight excluding hydrogens is 580 g/mol. The molecule has 19 heteroatoms. The average molecular weight is 613 g/mol. The molecule has 2 aromatic rings. The normalized spacial score (nSPS) is 29.6. The number of carbonyl (C=O) groups is 3. The summed E-state index contributed by atoms with van der Waals surface area (Å²) in [7, 11) is 0. The van der Waals surface area contributed by atoms with Crippen LogP contribution in [0.2, 0.25) is 0 Å². The third-order valence-electron chi connectivity index (χ3n) is 7.03. The molecule has 0 bridgehead atoms. The van der Waals surface area contributed by atoms with E-state index in [1.807, 2.05) is 11.8 Å². The number of aliphatic hydroxyl groups is 2. The van der Waals surface area contributed by atoms with Crippen molar-refractivity contribution in [1.29, 1.82) is 0 Å². The number of rotatable bonds is 10. The van der Waals surface area contributed by atoms with E-state index in [0.29, 0.717) is 17.2 Å². The van der Waals surface area contributed by atoms with Gasteiger partial charge in [0.1, 0.15) is 24.6 Å². The summed E-state index contributed by atoms with van der Waals surface area (Å²) in [6, 6.07) is 0.151. The quantitative estimate of drug-likeness (QED) is 0.0627. The first kappa shape index (κ1) is 29.5. The van der Waals surface area contributed by atoms with E-state index in [-0.39, 0.29) is 47.7 Å². The van der Waals surface area contributed by atoms with E-state index in [2.05, 4.69) is 49.1 Å². The smallest absolute Gasteiger partial charge is 0.315 e. The molecule has 0 radical (unpaired) electrons. The highest BCUT2D eigenvalue weighted by molar-refractivity contribution is 8.00. The van der Waals surface area contributed by atoms with Gasteiger partial charge in [0, 0.05) is 23.2 Å². The molecule has 41 heavy (non-hydrogen) atoms. The number of carbonyl (C=O) groups excluding carboxylic acids is 3. The molecule has 3 fully saturated rings. The Morgan fingerprint density at radius 3 is 2.80 bits per heavy atom. The Bertz CT molecular complexity index is 1270. The molecule has 7 atom stereocenters. The molecule has 0 aliphatic carbocycles. The molecule has 0 aromatic carbocycles. The third kappa shape index (κ3) is 6.45. The van der Waals surface area contributed by atoms with Crippen LogP contribution in [0.3, 0.4) is 0 Å². The number of fused-ring (bicyclic) bond motifs is 2. The number of amides is 4. The van der Waals surface area contributed by atoms with Crippen molar-refractivity contribution in [3.8, 4) is 0 Å². The van der Waals surface area contributed by atoms with Crippen LogP contribution in [0.25, 0.3) is 11.2 Å². The number of imidazole rings is 1. The van der Waals surface area contributed by atoms with Crippen molar-refractivity contribution in [1.82, 2.24) is 46.1 Å². The molecule has 2 aromatic heterocycles. The highest BCUT2D eigenvalue weighted by Crippen LogP contribution is 2.33. The lowest BCUT2D eigenvalue weighted by Gasteiger charge is -2.44. The lowest BCUT2D eigenvalue weighted by Crippen LogP contribution is -2.60. The van der Waals surface area contributed by atoms with Crippen LogP contribution < -0.4 is 27.2 Å². The summed E-state index contributed by atoms with van der Waals surface area (Å²) < 4.78 is 7.22. The Hall–Kier alpha value is -2.94. The maximum atomic E-state index is 12.3. The number of morpholine rings is 1.